The highest BCUT2D eigenvalue weighted by atomic mass is 16.5. The Kier molecular flexibility index (Phi) is 4.34. The number of methoxy groups -OCH3 is 2. The van der Waals surface area contributed by atoms with Crippen LogP contribution in [-0.2, 0) is 4.74 Å². The number of phenols is 1. The number of aliphatic hydroxyl groups is 1. The standard InChI is InChI=1S/C12H16O4/c1-4-10(15-2)12(14)8-5-6-11(16-3)9(13)7-8/h4-7,10,12-14H,1H2,2-3H3/t10-,12-/m1/s1. The van der Waals surface area contributed by atoms with E-state index in [1.54, 1.807) is 12.1 Å². The van der Waals surface area contributed by atoms with Crippen LogP contribution in [0.5, 0.6) is 11.5 Å². The summed E-state index contributed by atoms with van der Waals surface area (Å²) in [5, 5.41) is 19.5. The third-order valence-electron chi connectivity index (χ3n) is 2.36. The van der Waals surface area contributed by atoms with Gasteiger partial charge < -0.3 is 19.7 Å². The fourth-order valence-corrected chi connectivity index (χ4v) is 1.43. The molecule has 0 saturated carbocycles. The maximum absolute atomic E-state index is 9.92. The van der Waals surface area contributed by atoms with Gasteiger partial charge in [0.25, 0.3) is 0 Å². The zero-order chi connectivity index (χ0) is 12.1. The van der Waals surface area contributed by atoms with Gasteiger partial charge in [0.1, 0.15) is 12.2 Å². The first-order valence-electron chi connectivity index (χ1n) is 4.84. The molecule has 2 N–H and O–H groups in total. The second kappa shape index (κ2) is 5.53. The Morgan fingerprint density at radius 1 is 1.38 bits per heavy atom. The van der Waals surface area contributed by atoms with Gasteiger partial charge in [0.05, 0.1) is 7.11 Å². The zero-order valence-corrected chi connectivity index (χ0v) is 9.38. The third-order valence-corrected chi connectivity index (χ3v) is 2.36. The minimum atomic E-state index is -0.862. The average Bonchev–Trinajstić information content (AvgIpc) is 2.30. The van der Waals surface area contributed by atoms with Gasteiger partial charge in [-0.05, 0) is 17.7 Å². The van der Waals surface area contributed by atoms with Crippen molar-refractivity contribution >= 4 is 0 Å². The fourth-order valence-electron chi connectivity index (χ4n) is 1.43. The summed E-state index contributed by atoms with van der Waals surface area (Å²) in [7, 11) is 2.95. The lowest BCUT2D eigenvalue weighted by Crippen LogP contribution is -2.17. The molecule has 1 rings (SSSR count). The third kappa shape index (κ3) is 2.53. The predicted molar refractivity (Wildman–Crippen MR) is 60.6 cm³/mol. The molecule has 0 aliphatic heterocycles. The van der Waals surface area contributed by atoms with E-state index in [9.17, 15) is 10.2 Å². The molecule has 4 nitrogen and oxygen atoms in total. The van der Waals surface area contributed by atoms with Crippen LogP contribution in [0.25, 0.3) is 0 Å². The molecule has 4 heteroatoms. The quantitative estimate of drug-likeness (QED) is 0.746. The first-order chi connectivity index (χ1) is 7.63. The van der Waals surface area contributed by atoms with E-state index >= 15 is 0 Å². The smallest absolute Gasteiger partial charge is 0.160 e. The molecule has 88 valence electrons. The van der Waals surface area contributed by atoms with Gasteiger partial charge in [-0.3, -0.25) is 0 Å². The number of hydrogen-bond donors (Lipinski definition) is 2. The van der Waals surface area contributed by atoms with Crippen molar-refractivity contribution in [3.05, 3.63) is 36.4 Å². The van der Waals surface area contributed by atoms with Crippen molar-refractivity contribution < 1.29 is 19.7 Å². The molecule has 0 aliphatic carbocycles. The topological polar surface area (TPSA) is 58.9 Å². The lowest BCUT2D eigenvalue weighted by Gasteiger charge is -2.19. The van der Waals surface area contributed by atoms with Gasteiger partial charge in [0, 0.05) is 7.11 Å². The minimum Gasteiger partial charge on any atom is -0.504 e. The SMILES string of the molecule is C=C[C@@H](OC)[C@H](O)c1ccc(OC)c(O)c1. The van der Waals surface area contributed by atoms with Gasteiger partial charge in [-0.25, -0.2) is 0 Å². The second-order valence-corrected chi connectivity index (χ2v) is 3.31. The van der Waals surface area contributed by atoms with Crippen molar-refractivity contribution in [2.45, 2.75) is 12.2 Å². The van der Waals surface area contributed by atoms with Gasteiger partial charge in [-0.2, -0.15) is 0 Å². The van der Waals surface area contributed by atoms with Gasteiger partial charge >= 0.3 is 0 Å². The van der Waals surface area contributed by atoms with Crippen LogP contribution in [0.1, 0.15) is 11.7 Å². The van der Waals surface area contributed by atoms with Crippen LogP contribution in [0.2, 0.25) is 0 Å². The van der Waals surface area contributed by atoms with Crippen LogP contribution in [0, 0.1) is 0 Å². The molecule has 0 amide bonds. The Hall–Kier alpha value is -1.52. The molecule has 0 heterocycles. The Morgan fingerprint density at radius 2 is 2.06 bits per heavy atom. The molecule has 2 atom stereocenters. The lowest BCUT2D eigenvalue weighted by atomic mass is 10.0. The van der Waals surface area contributed by atoms with Crippen LogP contribution in [-0.4, -0.2) is 30.5 Å². The van der Waals surface area contributed by atoms with Crippen molar-refractivity contribution in [3.8, 4) is 11.5 Å². The van der Waals surface area contributed by atoms with Crippen LogP contribution < -0.4 is 4.74 Å². The van der Waals surface area contributed by atoms with Crippen molar-refractivity contribution in [2.75, 3.05) is 14.2 Å². The highest BCUT2D eigenvalue weighted by Gasteiger charge is 2.18. The van der Waals surface area contributed by atoms with E-state index in [2.05, 4.69) is 6.58 Å². The van der Waals surface area contributed by atoms with Crippen molar-refractivity contribution in [2.24, 2.45) is 0 Å². The Labute approximate surface area is 94.7 Å². The molecular formula is C12H16O4. The number of ether oxygens (including phenoxy) is 2. The summed E-state index contributed by atoms with van der Waals surface area (Å²) >= 11 is 0. The van der Waals surface area contributed by atoms with Crippen molar-refractivity contribution in [3.63, 3.8) is 0 Å². The van der Waals surface area contributed by atoms with Gasteiger partial charge in [0.2, 0.25) is 0 Å². The minimum absolute atomic E-state index is 0.0158. The number of phenolic OH excluding ortho intramolecular Hbond substituents is 1. The van der Waals surface area contributed by atoms with Crippen molar-refractivity contribution in [1.82, 2.24) is 0 Å². The number of rotatable bonds is 5. The maximum Gasteiger partial charge on any atom is 0.160 e. The van der Waals surface area contributed by atoms with Gasteiger partial charge in [-0.15, -0.1) is 6.58 Å². The summed E-state index contributed by atoms with van der Waals surface area (Å²) in [6.45, 7) is 3.56. The summed E-state index contributed by atoms with van der Waals surface area (Å²) in [4.78, 5) is 0. The molecule has 16 heavy (non-hydrogen) atoms. The van der Waals surface area contributed by atoms with Crippen molar-refractivity contribution in [1.29, 1.82) is 0 Å². The molecule has 0 saturated heterocycles. The predicted octanol–water partition coefficient (Wildman–Crippen LogP) is 1.64. The first-order valence-corrected chi connectivity index (χ1v) is 4.84. The maximum atomic E-state index is 9.92. The molecule has 0 fully saturated rings. The Morgan fingerprint density at radius 3 is 2.50 bits per heavy atom. The van der Waals surface area contributed by atoms with Crippen LogP contribution in [0.4, 0.5) is 0 Å². The lowest BCUT2D eigenvalue weighted by molar-refractivity contribution is 0.0161. The number of aromatic hydroxyl groups is 1. The average molecular weight is 224 g/mol. The molecular weight excluding hydrogens is 208 g/mol. The van der Waals surface area contributed by atoms with E-state index in [1.807, 2.05) is 0 Å². The van der Waals surface area contributed by atoms with E-state index < -0.39 is 12.2 Å². The normalized spacial score (nSPS) is 14.2. The molecule has 1 aromatic carbocycles. The van der Waals surface area contributed by atoms with E-state index in [0.29, 0.717) is 11.3 Å². The van der Waals surface area contributed by atoms with Crippen LogP contribution >= 0.6 is 0 Å². The van der Waals surface area contributed by atoms with Gasteiger partial charge in [-0.1, -0.05) is 12.1 Å². The number of hydrogen-bond acceptors (Lipinski definition) is 4. The summed E-state index contributed by atoms with van der Waals surface area (Å²) in [5.74, 6) is 0.349. The molecule has 0 unspecified atom stereocenters. The zero-order valence-electron chi connectivity index (χ0n) is 9.38. The van der Waals surface area contributed by atoms with E-state index in [1.165, 1.54) is 26.4 Å². The number of aliphatic hydroxyl groups excluding tert-OH is 1. The number of benzene rings is 1. The molecule has 0 spiro atoms. The van der Waals surface area contributed by atoms with E-state index in [0.717, 1.165) is 0 Å². The molecule has 1 aromatic rings. The molecule has 0 aromatic heterocycles. The monoisotopic (exact) mass is 224 g/mol. The summed E-state index contributed by atoms with van der Waals surface area (Å²) in [6, 6.07) is 4.70. The van der Waals surface area contributed by atoms with E-state index in [-0.39, 0.29) is 5.75 Å². The first kappa shape index (κ1) is 12.5. The summed E-state index contributed by atoms with van der Waals surface area (Å²) in [5.41, 5.74) is 0.546. The summed E-state index contributed by atoms with van der Waals surface area (Å²) < 4.78 is 9.94. The fraction of sp³-hybridized carbons (Fsp3) is 0.333. The second-order valence-electron chi connectivity index (χ2n) is 3.31. The highest BCUT2D eigenvalue weighted by molar-refractivity contribution is 5.42. The van der Waals surface area contributed by atoms with Crippen LogP contribution in [0.3, 0.4) is 0 Å². The Balaban J connectivity index is 2.96. The van der Waals surface area contributed by atoms with E-state index in [4.69, 9.17) is 9.47 Å². The highest BCUT2D eigenvalue weighted by Crippen LogP contribution is 2.30. The Bertz CT molecular complexity index is 362. The summed E-state index contributed by atoms with van der Waals surface area (Å²) in [6.07, 6.45) is 0.137. The molecule has 0 aliphatic rings. The largest absolute Gasteiger partial charge is 0.504 e. The molecule has 0 radical (unpaired) electrons. The molecule has 0 bridgehead atoms. The van der Waals surface area contributed by atoms with Gasteiger partial charge in [0.15, 0.2) is 11.5 Å². The van der Waals surface area contributed by atoms with Crippen LogP contribution in [0.15, 0.2) is 30.9 Å².